The second-order valence-corrected chi connectivity index (χ2v) is 7.32. The van der Waals surface area contributed by atoms with Crippen molar-refractivity contribution in [2.75, 3.05) is 5.32 Å². The Morgan fingerprint density at radius 2 is 1.73 bits per heavy atom. The number of anilines is 1. The van der Waals surface area contributed by atoms with Gasteiger partial charge in [-0.25, -0.2) is 4.98 Å². The highest BCUT2D eigenvalue weighted by atomic mass is 16.6. The summed E-state index contributed by atoms with van der Waals surface area (Å²) in [6.45, 7) is 3.90. The minimum Gasteiger partial charge on any atom is -0.507 e. The van der Waals surface area contributed by atoms with E-state index < -0.39 is 27.1 Å². The number of fused-ring (bicyclic) bond motifs is 1. The molecule has 0 saturated carbocycles. The van der Waals surface area contributed by atoms with Gasteiger partial charge in [0.15, 0.2) is 5.58 Å². The molecular formula is C22H16N4O7. The Balaban J connectivity index is 1.62. The molecule has 0 radical (unpaired) electrons. The number of nitrogens with one attached hydrogen (secondary N) is 1. The number of rotatable bonds is 5. The Labute approximate surface area is 185 Å². The highest BCUT2D eigenvalue weighted by molar-refractivity contribution is 6.07. The van der Waals surface area contributed by atoms with Crippen LogP contribution in [0, 0.1) is 34.1 Å². The molecular weight excluding hydrogens is 432 g/mol. The van der Waals surface area contributed by atoms with Gasteiger partial charge in [-0.15, -0.1) is 0 Å². The van der Waals surface area contributed by atoms with Gasteiger partial charge in [0.25, 0.3) is 17.3 Å². The van der Waals surface area contributed by atoms with Crippen LogP contribution >= 0.6 is 0 Å². The average Bonchev–Trinajstić information content (AvgIpc) is 3.15. The maximum absolute atomic E-state index is 12.6. The maximum Gasteiger partial charge on any atom is 0.289 e. The van der Waals surface area contributed by atoms with Gasteiger partial charge in [0.2, 0.25) is 5.89 Å². The number of aromatic hydroxyl groups is 1. The minimum absolute atomic E-state index is 0.150. The Morgan fingerprint density at radius 3 is 2.39 bits per heavy atom. The number of nitro benzene ring substituents is 2. The first-order valence-electron chi connectivity index (χ1n) is 9.59. The van der Waals surface area contributed by atoms with E-state index in [2.05, 4.69) is 10.3 Å². The van der Waals surface area contributed by atoms with Crippen LogP contribution in [0.25, 0.3) is 22.6 Å². The first-order chi connectivity index (χ1) is 15.6. The summed E-state index contributed by atoms with van der Waals surface area (Å²) in [6.07, 6.45) is 0. The number of carbonyl (C=O) groups excluding carboxylic acids is 1. The molecule has 0 spiro atoms. The summed E-state index contributed by atoms with van der Waals surface area (Å²) < 4.78 is 5.75. The molecule has 0 aliphatic heterocycles. The quantitative estimate of drug-likeness (QED) is 0.322. The number of nitro groups is 2. The van der Waals surface area contributed by atoms with E-state index in [-0.39, 0.29) is 22.9 Å². The van der Waals surface area contributed by atoms with Crippen LogP contribution in [-0.2, 0) is 0 Å². The number of phenols is 1. The van der Waals surface area contributed by atoms with Crippen molar-refractivity contribution in [1.29, 1.82) is 0 Å². The first kappa shape index (κ1) is 21.4. The van der Waals surface area contributed by atoms with Crippen LogP contribution in [0.1, 0.15) is 21.5 Å². The predicted molar refractivity (Wildman–Crippen MR) is 118 cm³/mol. The van der Waals surface area contributed by atoms with Crippen LogP contribution in [0.3, 0.4) is 0 Å². The number of hydrogen-bond acceptors (Lipinski definition) is 8. The summed E-state index contributed by atoms with van der Waals surface area (Å²) in [7, 11) is 0. The van der Waals surface area contributed by atoms with Crippen molar-refractivity contribution >= 4 is 34.1 Å². The van der Waals surface area contributed by atoms with E-state index in [0.717, 1.165) is 23.3 Å². The van der Waals surface area contributed by atoms with Gasteiger partial charge in [-0.1, -0.05) is 0 Å². The summed E-state index contributed by atoms with van der Waals surface area (Å²) in [4.78, 5) is 37.4. The van der Waals surface area contributed by atoms with Crippen molar-refractivity contribution < 1.29 is 24.2 Å². The van der Waals surface area contributed by atoms with Crippen LogP contribution < -0.4 is 5.32 Å². The van der Waals surface area contributed by atoms with Gasteiger partial charge in [-0.3, -0.25) is 25.0 Å². The van der Waals surface area contributed by atoms with Gasteiger partial charge in [-0.05, 0) is 55.3 Å². The number of benzene rings is 3. The van der Waals surface area contributed by atoms with Crippen LogP contribution in [0.4, 0.5) is 17.1 Å². The van der Waals surface area contributed by atoms with Crippen molar-refractivity contribution in [1.82, 2.24) is 4.98 Å². The normalized spacial score (nSPS) is 10.8. The molecule has 11 nitrogen and oxygen atoms in total. The van der Waals surface area contributed by atoms with Crippen molar-refractivity contribution in [2.45, 2.75) is 13.8 Å². The van der Waals surface area contributed by atoms with Gasteiger partial charge in [-0.2, -0.15) is 0 Å². The molecule has 0 fully saturated rings. The molecule has 0 atom stereocenters. The van der Waals surface area contributed by atoms with Crippen molar-refractivity contribution in [3.05, 3.63) is 85.4 Å². The second kappa shape index (κ2) is 8.04. The molecule has 0 aliphatic carbocycles. The van der Waals surface area contributed by atoms with Crippen LogP contribution in [-0.4, -0.2) is 25.8 Å². The third kappa shape index (κ3) is 4.06. The zero-order valence-corrected chi connectivity index (χ0v) is 17.4. The number of aryl methyl sites for hydroxylation is 2. The Hall–Kier alpha value is -4.80. The molecule has 3 aromatic carbocycles. The van der Waals surface area contributed by atoms with E-state index in [1.165, 1.54) is 18.2 Å². The fraction of sp³-hybridized carbons (Fsp3) is 0.0909. The van der Waals surface area contributed by atoms with E-state index >= 15 is 0 Å². The summed E-state index contributed by atoms with van der Waals surface area (Å²) in [5.74, 6) is -0.904. The smallest absolute Gasteiger partial charge is 0.289 e. The molecule has 166 valence electrons. The molecule has 1 heterocycles. The number of amides is 1. The number of aromatic nitrogens is 1. The molecule has 33 heavy (non-hydrogen) atoms. The average molecular weight is 448 g/mol. The topological polar surface area (TPSA) is 162 Å². The highest BCUT2D eigenvalue weighted by Crippen LogP contribution is 2.34. The molecule has 4 rings (SSSR count). The Morgan fingerprint density at radius 1 is 1.00 bits per heavy atom. The van der Waals surface area contributed by atoms with Gasteiger partial charge in [0.05, 0.1) is 21.5 Å². The standard InChI is InChI=1S/C22H16N4O7/c1-11-7-17-20(8-12(11)2)33-22(24-17)16-5-3-13(9-19(16)27)23-21(28)15-6-4-14(25(29)30)10-18(15)26(31)32/h3-10,27H,1-2H3,(H,23,28). The van der Waals surface area contributed by atoms with Crippen LogP contribution in [0.5, 0.6) is 5.75 Å². The van der Waals surface area contributed by atoms with E-state index in [4.69, 9.17) is 4.42 Å². The molecule has 0 unspecified atom stereocenters. The predicted octanol–water partition coefficient (Wildman–Crippen LogP) is 4.89. The lowest BCUT2D eigenvalue weighted by atomic mass is 10.1. The highest BCUT2D eigenvalue weighted by Gasteiger charge is 2.24. The number of oxazole rings is 1. The second-order valence-electron chi connectivity index (χ2n) is 7.32. The number of carbonyl (C=O) groups is 1. The Kier molecular flexibility index (Phi) is 5.22. The lowest BCUT2D eigenvalue weighted by Gasteiger charge is -2.08. The number of hydrogen-bond donors (Lipinski definition) is 2. The lowest BCUT2D eigenvalue weighted by molar-refractivity contribution is -0.394. The van der Waals surface area contributed by atoms with Gasteiger partial charge < -0.3 is 14.8 Å². The van der Waals surface area contributed by atoms with Crippen LogP contribution in [0.15, 0.2) is 52.9 Å². The summed E-state index contributed by atoms with van der Waals surface area (Å²) >= 11 is 0. The fourth-order valence-corrected chi connectivity index (χ4v) is 3.26. The van der Waals surface area contributed by atoms with Crippen molar-refractivity contribution in [3.63, 3.8) is 0 Å². The SMILES string of the molecule is Cc1cc2nc(-c3ccc(NC(=O)c4ccc([N+](=O)[O-])cc4[N+](=O)[O-])cc3O)oc2cc1C. The molecule has 0 bridgehead atoms. The van der Waals surface area contributed by atoms with Crippen molar-refractivity contribution in [2.24, 2.45) is 0 Å². The number of nitrogens with zero attached hydrogens (tertiary/aromatic N) is 3. The van der Waals surface area contributed by atoms with E-state index in [0.29, 0.717) is 22.7 Å². The zero-order chi connectivity index (χ0) is 23.9. The molecule has 0 aliphatic rings. The maximum atomic E-state index is 12.6. The first-order valence-corrected chi connectivity index (χ1v) is 9.59. The van der Waals surface area contributed by atoms with E-state index in [1.54, 1.807) is 0 Å². The number of phenolic OH excluding ortho intramolecular Hbond substituents is 1. The molecule has 1 amide bonds. The molecule has 4 aromatic rings. The van der Waals surface area contributed by atoms with E-state index in [9.17, 15) is 30.1 Å². The lowest BCUT2D eigenvalue weighted by Crippen LogP contribution is -2.14. The minimum atomic E-state index is -0.876. The Bertz CT molecular complexity index is 1420. The van der Waals surface area contributed by atoms with Gasteiger partial charge in [0, 0.05) is 17.8 Å². The van der Waals surface area contributed by atoms with E-state index in [1.807, 2.05) is 26.0 Å². The monoisotopic (exact) mass is 448 g/mol. The molecule has 2 N–H and O–H groups in total. The number of non-ortho nitro benzene ring substituents is 1. The summed E-state index contributed by atoms with van der Waals surface area (Å²) in [5, 5.41) is 35.0. The third-order valence-electron chi connectivity index (χ3n) is 5.12. The van der Waals surface area contributed by atoms with Crippen molar-refractivity contribution in [3.8, 4) is 17.2 Å². The zero-order valence-electron chi connectivity index (χ0n) is 17.4. The summed E-state index contributed by atoms with van der Waals surface area (Å²) in [6, 6.07) is 10.6. The fourth-order valence-electron chi connectivity index (χ4n) is 3.26. The largest absolute Gasteiger partial charge is 0.507 e. The summed E-state index contributed by atoms with van der Waals surface area (Å²) in [5.41, 5.74) is 2.14. The third-order valence-corrected chi connectivity index (χ3v) is 5.12. The molecule has 1 aromatic heterocycles. The van der Waals surface area contributed by atoms with Crippen LogP contribution in [0.2, 0.25) is 0 Å². The van der Waals surface area contributed by atoms with Gasteiger partial charge >= 0.3 is 0 Å². The van der Waals surface area contributed by atoms with Gasteiger partial charge in [0.1, 0.15) is 16.8 Å². The molecule has 0 saturated heterocycles. The molecule has 11 heteroatoms.